The van der Waals surface area contributed by atoms with E-state index < -0.39 is 11.6 Å². The third-order valence-corrected chi connectivity index (χ3v) is 2.57. The highest BCUT2D eigenvalue weighted by Gasteiger charge is 2.32. The summed E-state index contributed by atoms with van der Waals surface area (Å²) in [6, 6.07) is -0.100. The van der Waals surface area contributed by atoms with Gasteiger partial charge in [0.2, 0.25) is 0 Å². The molecule has 0 amide bonds. The van der Waals surface area contributed by atoms with Crippen molar-refractivity contribution in [3.05, 3.63) is 6.92 Å². The van der Waals surface area contributed by atoms with E-state index in [1.54, 1.807) is 21.1 Å². The first kappa shape index (κ1) is 13.4. The van der Waals surface area contributed by atoms with Crippen molar-refractivity contribution in [3.8, 4) is 0 Å². The van der Waals surface area contributed by atoms with E-state index in [1.807, 2.05) is 0 Å². The molecule has 0 saturated carbocycles. The molecule has 1 atom stereocenters. The normalized spacial score (nSPS) is 14.0. The summed E-state index contributed by atoms with van der Waals surface area (Å²) in [6.45, 7) is 3.92. The summed E-state index contributed by atoms with van der Waals surface area (Å²) in [7, 11) is 5.36. The molecule has 0 saturated heterocycles. The number of carboxylic acid groups (broad SMARTS) is 1. The van der Waals surface area contributed by atoms with Crippen LogP contribution in [0.25, 0.3) is 0 Å². The smallest absolute Gasteiger partial charge is 0.303 e. The zero-order chi connectivity index (χ0) is 11.2. The topological polar surface area (TPSA) is 73.4 Å². The number of rotatable bonds is 7. The molecule has 0 fully saturated rings. The van der Waals surface area contributed by atoms with E-state index in [-0.39, 0.29) is 12.5 Å². The molecule has 1 radical (unpaired) electrons. The van der Waals surface area contributed by atoms with Crippen LogP contribution in [0.2, 0.25) is 0 Å². The molecule has 0 spiro atoms. The van der Waals surface area contributed by atoms with Crippen molar-refractivity contribution in [3.63, 3.8) is 0 Å². The predicted octanol–water partition coefficient (Wildman–Crippen LogP) is -0.592. The van der Waals surface area contributed by atoms with Crippen LogP contribution in [0.4, 0.5) is 0 Å². The minimum Gasteiger partial charge on any atom is -0.481 e. The number of hydrogen-bond donors (Lipinski definition) is 4. The number of carboxylic acids is 1. The highest BCUT2D eigenvalue weighted by Crippen LogP contribution is 2.13. The lowest BCUT2D eigenvalue weighted by atomic mass is 9.96. The van der Waals surface area contributed by atoms with Gasteiger partial charge in [-0.05, 0) is 34.5 Å². The second kappa shape index (κ2) is 5.95. The summed E-state index contributed by atoms with van der Waals surface area (Å²) in [5.41, 5.74) is -0.479. The molecule has 0 aromatic heterocycles. The maximum atomic E-state index is 10.5. The number of aliphatic carboxylic acids is 1. The fourth-order valence-electron chi connectivity index (χ4n) is 1.45. The molecule has 0 rings (SSSR count). The predicted molar refractivity (Wildman–Crippen MR) is 55.9 cm³/mol. The van der Waals surface area contributed by atoms with Crippen LogP contribution in [0, 0.1) is 6.92 Å². The molecular formula is C9H20N3O2. The van der Waals surface area contributed by atoms with Gasteiger partial charge in [0.25, 0.3) is 0 Å². The highest BCUT2D eigenvalue weighted by atomic mass is 16.4. The molecule has 5 heteroatoms. The number of likely N-dealkylation sites (N-methyl/N-ethyl adjacent to an activating group) is 3. The zero-order valence-electron chi connectivity index (χ0n) is 9.05. The highest BCUT2D eigenvalue weighted by molar-refractivity contribution is 5.66. The quantitative estimate of drug-likeness (QED) is 0.415. The number of hydrogen-bond acceptors (Lipinski definition) is 4. The van der Waals surface area contributed by atoms with Gasteiger partial charge in [-0.25, -0.2) is 0 Å². The average molecular weight is 202 g/mol. The van der Waals surface area contributed by atoms with Gasteiger partial charge in [-0.15, -0.1) is 0 Å². The zero-order valence-corrected chi connectivity index (χ0v) is 9.05. The number of carbonyl (C=O) groups is 1. The maximum absolute atomic E-state index is 10.5. The van der Waals surface area contributed by atoms with E-state index in [9.17, 15) is 4.79 Å². The van der Waals surface area contributed by atoms with E-state index in [0.717, 1.165) is 0 Å². The molecule has 83 valence electrons. The molecule has 0 aromatic carbocycles. The summed E-state index contributed by atoms with van der Waals surface area (Å²) in [5, 5.41) is 17.8. The fraction of sp³-hybridized carbons (Fsp3) is 0.778. The Morgan fingerprint density at radius 2 is 1.93 bits per heavy atom. The average Bonchev–Trinajstić information content (AvgIpc) is 2.19. The van der Waals surface area contributed by atoms with Crippen LogP contribution in [0.1, 0.15) is 12.8 Å². The molecule has 0 aliphatic rings. The lowest BCUT2D eigenvalue weighted by Crippen LogP contribution is -2.65. The lowest BCUT2D eigenvalue weighted by molar-refractivity contribution is -0.137. The molecule has 14 heavy (non-hydrogen) atoms. The molecule has 0 aliphatic carbocycles. The molecular weight excluding hydrogens is 182 g/mol. The first-order chi connectivity index (χ1) is 6.52. The van der Waals surface area contributed by atoms with Crippen LogP contribution >= 0.6 is 0 Å². The first-order valence-electron chi connectivity index (χ1n) is 4.62. The Kier molecular flexibility index (Phi) is 5.68. The largest absolute Gasteiger partial charge is 0.481 e. The Labute approximate surface area is 85.3 Å². The Morgan fingerprint density at radius 1 is 1.43 bits per heavy atom. The van der Waals surface area contributed by atoms with E-state index in [0.29, 0.717) is 6.42 Å². The van der Waals surface area contributed by atoms with Crippen LogP contribution in [0.5, 0.6) is 0 Å². The standard InChI is InChI=1S/C9H20N3O2/c1-7(10-2)9(11-3,12-4)6-5-8(13)14/h7,10-12H,1,5-6H2,2-4H3,(H,13,14). The SMILES string of the molecule is [CH2]C(NC)C(CCC(=O)O)(NC)NC. The third-order valence-electron chi connectivity index (χ3n) is 2.57. The monoisotopic (exact) mass is 202 g/mol. The summed E-state index contributed by atoms with van der Waals surface area (Å²) >= 11 is 0. The second-order valence-electron chi connectivity index (χ2n) is 3.21. The minimum absolute atomic E-state index is 0.100. The molecule has 5 nitrogen and oxygen atoms in total. The summed E-state index contributed by atoms with van der Waals surface area (Å²) in [4.78, 5) is 10.5. The van der Waals surface area contributed by atoms with E-state index >= 15 is 0 Å². The van der Waals surface area contributed by atoms with Crippen LogP contribution in [-0.2, 0) is 4.79 Å². The molecule has 0 aliphatic heterocycles. The van der Waals surface area contributed by atoms with Gasteiger partial charge in [0, 0.05) is 12.5 Å². The lowest BCUT2D eigenvalue weighted by Gasteiger charge is -2.38. The third kappa shape index (κ3) is 3.25. The van der Waals surface area contributed by atoms with Gasteiger partial charge < -0.3 is 21.1 Å². The molecule has 0 aromatic rings. The van der Waals surface area contributed by atoms with Crippen molar-refractivity contribution in [2.75, 3.05) is 21.1 Å². The van der Waals surface area contributed by atoms with Crippen LogP contribution < -0.4 is 16.0 Å². The summed E-state index contributed by atoms with van der Waals surface area (Å²) < 4.78 is 0. The maximum Gasteiger partial charge on any atom is 0.303 e. The van der Waals surface area contributed by atoms with Crippen molar-refractivity contribution in [2.24, 2.45) is 0 Å². The van der Waals surface area contributed by atoms with Crippen molar-refractivity contribution in [1.82, 2.24) is 16.0 Å². The second-order valence-corrected chi connectivity index (χ2v) is 3.21. The van der Waals surface area contributed by atoms with Crippen molar-refractivity contribution in [2.45, 2.75) is 24.5 Å². The van der Waals surface area contributed by atoms with Gasteiger partial charge in [-0.2, -0.15) is 0 Å². The van der Waals surface area contributed by atoms with Crippen molar-refractivity contribution >= 4 is 5.97 Å². The van der Waals surface area contributed by atoms with Gasteiger partial charge in [-0.3, -0.25) is 4.79 Å². The summed E-state index contributed by atoms with van der Waals surface area (Å²) in [5.74, 6) is -0.803. The van der Waals surface area contributed by atoms with Crippen LogP contribution in [0.3, 0.4) is 0 Å². The van der Waals surface area contributed by atoms with Crippen molar-refractivity contribution < 1.29 is 9.90 Å². The Bertz CT molecular complexity index is 181. The molecule has 1 unspecified atom stereocenters. The minimum atomic E-state index is -0.803. The number of nitrogens with one attached hydrogen (secondary N) is 3. The Balaban J connectivity index is 4.44. The van der Waals surface area contributed by atoms with Crippen LogP contribution in [-0.4, -0.2) is 43.9 Å². The van der Waals surface area contributed by atoms with Crippen LogP contribution in [0.15, 0.2) is 0 Å². The molecule has 0 heterocycles. The Morgan fingerprint density at radius 3 is 2.21 bits per heavy atom. The van der Waals surface area contributed by atoms with Gasteiger partial charge in [-0.1, -0.05) is 0 Å². The van der Waals surface area contributed by atoms with E-state index in [1.165, 1.54) is 0 Å². The Hall–Kier alpha value is -0.650. The van der Waals surface area contributed by atoms with Gasteiger partial charge in [0.05, 0.1) is 5.66 Å². The molecule has 0 bridgehead atoms. The van der Waals surface area contributed by atoms with Gasteiger partial charge in [0.15, 0.2) is 0 Å². The van der Waals surface area contributed by atoms with E-state index in [2.05, 4.69) is 22.9 Å². The fourth-order valence-corrected chi connectivity index (χ4v) is 1.45. The van der Waals surface area contributed by atoms with E-state index in [4.69, 9.17) is 5.11 Å². The molecule has 4 N–H and O–H groups in total. The van der Waals surface area contributed by atoms with Gasteiger partial charge in [0.1, 0.15) is 0 Å². The van der Waals surface area contributed by atoms with Gasteiger partial charge >= 0.3 is 5.97 Å². The van der Waals surface area contributed by atoms with Crippen molar-refractivity contribution in [1.29, 1.82) is 0 Å². The summed E-state index contributed by atoms with van der Waals surface area (Å²) in [6.07, 6.45) is 0.583. The first-order valence-corrected chi connectivity index (χ1v) is 4.62.